The summed E-state index contributed by atoms with van der Waals surface area (Å²) < 4.78 is 73.1. The molecule has 0 amide bonds. The van der Waals surface area contributed by atoms with E-state index in [-0.39, 0.29) is 62.8 Å². The number of rotatable bonds is 36. The SMILES string of the molecule is CCCCCCCCCCC(CCCCCCC)COS(=O)(=O)[O-].CCCCCCCCCCC(CCCCCCC)COS(=O)(=O)[O-].[Ca+2]. The van der Waals surface area contributed by atoms with Gasteiger partial charge in [-0.2, -0.15) is 0 Å². The minimum absolute atomic E-state index is 0. The Balaban J connectivity index is -0.000000846. The molecule has 0 aliphatic carbocycles. The van der Waals surface area contributed by atoms with Gasteiger partial charge in [0.25, 0.3) is 0 Å². The van der Waals surface area contributed by atoms with Gasteiger partial charge in [-0.25, -0.2) is 16.8 Å². The molecule has 0 saturated heterocycles. The van der Waals surface area contributed by atoms with E-state index in [0.717, 1.165) is 51.4 Å². The van der Waals surface area contributed by atoms with Crippen molar-refractivity contribution in [2.75, 3.05) is 13.2 Å². The third kappa shape index (κ3) is 49.0. The summed E-state index contributed by atoms with van der Waals surface area (Å²) in [5.41, 5.74) is 0. The molecule has 0 rings (SSSR count). The molecule has 0 aromatic heterocycles. The predicted octanol–water partition coefficient (Wildman–Crippen LogP) is 11.6. The summed E-state index contributed by atoms with van der Waals surface area (Å²) in [4.78, 5) is 0. The zero-order valence-electron chi connectivity index (χ0n) is 32.6. The van der Waals surface area contributed by atoms with Crippen LogP contribution in [0, 0.1) is 11.8 Å². The molecule has 0 aliphatic rings. The first-order valence-corrected chi connectivity index (χ1v) is 22.9. The van der Waals surface area contributed by atoms with Gasteiger partial charge in [-0.15, -0.1) is 0 Å². The molecule has 292 valence electrons. The molecule has 49 heavy (non-hydrogen) atoms. The van der Waals surface area contributed by atoms with Crippen molar-refractivity contribution in [1.82, 2.24) is 0 Å². The summed E-state index contributed by atoms with van der Waals surface area (Å²) in [5, 5.41) is 0. The monoisotopic (exact) mass is 766 g/mol. The second-order valence-corrected chi connectivity index (χ2v) is 16.2. The van der Waals surface area contributed by atoms with Gasteiger partial charge in [0.15, 0.2) is 0 Å². The summed E-state index contributed by atoms with van der Waals surface area (Å²) in [5.74, 6) is 0.408. The Morgan fingerprint density at radius 3 is 0.735 bits per heavy atom. The van der Waals surface area contributed by atoms with Crippen LogP contribution in [0.25, 0.3) is 0 Å². The van der Waals surface area contributed by atoms with Crippen molar-refractivity contribution in [3.05, 3.63) is 0 Å². The van der Waals surface area contributed by atoms with Crippen molar-refractivity contribution in [1.29, 1.82) is 0 Å². The first kappa shape index (κ1) is 54.3. The van der Waals surface area contributed by atoms with Gasteiger partial charge < -0.3 is 9.11 Å². The molecule has 0 aromatic carbocycles. The van der Waals surface area contributed by atoms with Crippen LogP contribution in [0.1, 0.15) is 220 Å². The molecule has 0 aromatic rings. The second kappa shape index (κ2) is 40.2. The van der Waals surface area contributed by atoms with Gasteiger partial charge >= 0.3 is 37.7 Å². The van der Waals surface area contributed by atoms with E-state index in [2.05, 4.69) is 36.1 Å². The van der Waals surface area contributed by atoms with Crippen molar-refractivity contribution in [3.8, 4) is 0 Å². The summed E-state index contributed by atoms with van der Waals surface area (Å²) in [6, 6.07) is 0. The Hall–Kier alpha value is 1.000. The summed E-state index contributed by atoms with van der Waals surface area (Å²) in [6.45, 7) is 8.97. The fourth-order valence-electron chi connectivity index (χ4n) is 6.19. The van der Waals surface area contributed by atoms with E-state index in [4.69, 9.17) is 0 Å². The van der Waals surface area contributed by atoms with Crippen LogP contribution < -0.4 is 0 Å². The van der Waals surface area contributed by atoms with Crippen molar-refractivity contribution >= 4 is 58.5 Å². The Morgan fingerprint density at radius 2 is 0.551 bits per heavy atom. The Kier molecular flexibility index (Phi) is 44.6. The molecular formula is C38H78CaO8S2. The Morgan fingerprint density at radius 1 is 0.367 bits per heavy atom. The fraction of sp³-hybridized carbons (Fsp3) is 1.00. The van der Waals surface area contributed by atoms with Crippen molar-refractivity contribution in [2.45, 2.75) is 220 Å². The number of unbranched alkanes of at least 4 members (excludes halogenated alkanes) is 22. The van der Waals surface area contributed by atoms with Crippen LogP contribution in [-0.4, -0.2) is 76.9 Å². The van der Waals surface area contributed by atoms with Gasteiger partial charge in [-0.05, 0) is 37.5 Å². The molecule has 0 bridgehead atoms. The molecule has 0 saturated carbocycles. The van der Waals surface area contributed by atoms with Gasteiger partial charge in [0.2, 0.25) is 20.8 Å². The smallest absolute Gasteiger partial charge is 0.726 e. The molecule has 2 unspecified atom stereocenters. The van der Waals surface area contributed by atoms with Crippen LogP contribution in [0.3, 0.4) is 0 Å². The van der Waals surface area contributed by atoms with Gasteiger partial charge in [0.1, 0.15) is 0 Å². The second-order valence-electron chi connectivity index (χ2n) is 14.1. The van der Waals surface area contributed by atoms with E-state index in [1.54, 1.807) is 0 Å². The average molecular weight is 767 g/mol. The predicted molar refractivity (Wildman–Crippen MR) is 205 cm³/mol. The normalized spacial score (nSPS) is 13.0. The molecule has 0 radical (unpaired) electrons. The zero-order valence-corrected chi connectivity index (χ0v) is 36.4. The van der Waals surface area contributed by atoms with E-state index < -0.39 is 20.8 Å². The maximum absolute atomic E-state index is 10.7. The van der Waals surface area contributed by atoms with Crippen LogP contribution in [-0.2, 0) is 29.2 Å². The number of hydrogen-bond acceptors (Lipinski definition) is 8. The fourth-order valence-corrected chi connectivity index (χ4v) is 6.91. The van der Waals surface area contributed by atoms with Gasteiger partial charge in [0.05, 0.1) is 13.2 Å². The minimum atomic E-state index is -4.56. The standard InChI is InChI=1S/2C19H40O4S.Ca/c2*1-3-5-7-9-10-11-13-15-17-19(18-23-24(20,21)22)16-14-12-8-6-4-2;/h2*19H,3-18H2,1-2H3,(H,20,21,22);/q;;+2/p-2. The topological polar surface area (TPSA) is 133 Å². The van der Waals surface area contributed by atoms with Crippen molar-refractivity contribution < 1.29 is 34.3 Å². The minimum Gasteiger partial charge on any atom is -0.726 e. The van der Waals surface area contributed by atoms with Crippen LogP contribution in [0.5, 0.6) is 0 Å². The summed E-state index contributed by atoms with van der Waals surface area (Å²) in [7, 11) is -9.11. The Bertz CT molecular complexity index is 786. The van der Waals surface area contributed by atoms with E-state index in [9.17, 15) is 25.9 Å². The van der Waals surface area contributed by atoms with E-state index >= 15 is 0 Å². The molecule has 2 atom stereocenters. The third-order valence-corrected chi connectivity index (χ3v) is 10.1. The molecule has 11 heteroatoms. The molecule has 0 aliphatic heterocycles. The summed E-state index contributed by atoms with van der Waals surface area (Å²) in [6.07, 6.45) is 36.2. The quantitative estimate of drug-likeness (QED) is 0.0266. The summed E-state index contributed by atoms with van der Waals surface area (Å²) >= 11 is 0. The largest absolute Gasteiger partial charge is 2.00 e. The van der Waals surface area contributed by atoms with Crippen LogP contribution in [0.4, 0.5) is 0 Å². The maximum atomic E-state index is 10.7. The van der Waals surface area contributed by atoms with E-state index in [1.807, 2.05) is 0 Å². The molecule has 0 heterocycles. The molecule has 0 N–H and O–H groups in total. The van der Waals surface area contributed by atoms with E-state index in [1.165, 1.54) is 141 Å². The molecule has 0 fully saturated rings. The van der Waals surface area contributed by atoms with Crippen molar-refractivity contribution in [2.24, 2.45) is 11.8 Å². The van der Waals surface area contributed by atoms with Crippen LogP contribution >= 0.6 is 0 Å². The number of hydrogen-bond donors (Lipinski definition) is 0. The first-order valence-electron chi connectivity index (χ1n) is 20.2. The Labute approximate surface area is 335 Å². The van der Waals surface area contributed by atoms with Gasteiger partial charge in [0, 0.05) is 0 Å². The third-order valence-electron chi connectivity index (χ3n) is 9.26. The van der Waals surface area contributed by atoms with Crippen LogP contribution in [0.2, 0.25) is 0 Å². The first-order chi connectivity index (χ1) is 23.0. The van der Waals surface area contributed by atoms with Gasteiger partial charge in [-0.3, -0.25) is 8.37 Å². The molecule has 8 nitrogen and oxygen atoms in total. The van der Waals surface area contributed by atoms with Crippen LogP contribution in [0.15, 0.2) is 0 Å². The molecule has 0 spiro atoms. The van der Waals surface area contributed by atoms with Crippen molar-refractivity contribution in [3.63, 3.8) is 0 Å². The zero-order chi connectivity index (χ0) is 36.2. The molecular weight excluding hydrogens is 689 g/mol. The average Bonchev–Trinajstić information content (AvgIpc) is 3.03. The maximum Gasteiger partial charge on any atom is 2.00 e. The van der Waals surface area contributed by atoms with E-state index in [0.29, 0.717) is 0 Å². The van der Waals surface area contributed by atoms with Gasteiger partial charge in [-0.1, -0.05) is 195 Å².